The Morgan fingerprint density at radius 2 is 1.95 bits per heavy atom. The van der Waals surface area contributed by atoms with Crippen LogP contribution in [-0.2, 0) is 9.47 Å². The van der Waals surface area contributed by atoms with E-state index in [1.54, 1.807) is 6.07 Å². The van der Waals surface area contributed by atoms with Gasteiger partial charge in [-0.15, -0.1) is 0 Å². The summed E-state index contributed by atoms with van der Waals surface area (Å²) in [5, 5.41) is 3.31. The van der Waals surface area contributed by atoms with Crippen LogP contribution in [0.1, 0.15) is 38.9 Å². The Balaban J connectivity index is 2.51. The SMILES string of the molecule is CCCNCC(OCCOC(C)C)c1cccc(F)c1. The molecule has 20 heavy (non-hydrogen) atoms. The molecular formula is C16H26FNO2. The van der Waals surface area contributed by atoms with Gasteiger partial charge in [-0.05, 0) is 44.5 Å². The Bertz CT molecular complexity index is 371. The van der Waals surface area contributed by atoms with Gasteiger partial charge in [-0.3, -0.25) is 0 Å². The fraction of sp³-hybridized carbons (Fsp3) is 0.625. The lowest BCUT2D eigenvalue weighted by atomic mass is 10.1. The van der Waals surface area contributed by atoms with Gasteiger partial charge in [0, 0.05) is 6.54 Å². The molecule has 0 radical (unpaired) electrons. The minimum absolute atomic E-state index is 0.145. The van der Waals surface area contributed by atoms with Crippen LogP contribution >= 0.6 is 0 Å². The third kappa shape index (κ3) is 6.98. The van der Waals surface area contributed by atoms with Crippen molar-refractivity contribution in [2.45, 2.75) is 39.4 Å². The maximum Gasteiger partial charge on any atom is 0.123 e. The molecule has 1 aromatic rings. The van der Waals surface area contributed by atoms with Crippen molar-refractivity contribution in [3.63, 3.8) is 0 Å². The second-order valence-corrected chi connectivity index (χ2v) is 5.04. The highest BCUT2D eigenvalue weighted by molar-refractivity contribution is 5.19. The fourth-order valence-electron chi connectivity index (χ4n) is 1.86. The van der Waals surface area contributed by atoms with E-state index in [9.17, 15) is 4.39 Å². The predicted octanol–water partition coefficient (Wildman–Crippen LogP) is 3.31. The molecule has 0 aliphatic rings. The number of nitrogens with one attached hydrogen (secondary N) is 1. The molecule has 0 fully saturated rings. The zero-order valence-corrected chi connectivity index (χ0v) is 12.7. The first-order chi connectivity index (χ1) is 9.63. The van der Waals surface area contributed by atoms with Crippen LogP contribution in [0.25, 0.3) is 0 Å². The molecule has 114 valence electrons. The van der Waals surface area contributed by atoms with Gasteiger partial charge in [0.05, 0.1) is 25.4 Å². The average molecular weight is 283 g/mol. The van der Waals surface area contributed by atoms with Gasteiger partial charge in [0.25, 0.3) is 0 Å². The summed E-state index contributed by atoms with van der Waals surface area (Å²) in [7, 11) is 0. The number of ether oxygens (including phenoxy) is 2. The van der Waals surface area contributed by atoms with Gasteiger partial charge in [0.1, 0.15) is 5.82 Å². The highest BCUT2D eigenvalue weighted by atomic mass is 19.1. The first kappa shape index (κ1) is 17.1. The van der Waals surface area contributed by atoms with Gasteiger partial charge in [0.2, 0.25) is 0 Å². The molecule has 0 spiro atoms. The smallest absolute Gasteiger partial charge is 0.123 e. The minimum atomic E-state index is -0.231. The van der Waals surface area contributed by atoms with Crippen molar-refractivity contribution in [3.8, 4) is 0 Å². The van der Waals surface area contributed by atoms with Crippen LogP contribution < -0.4 is 5.32 Å². The van der Waals surface area contributed by atoms with E-state index in [2.05, 4.69) is 12.2 Å². The summed E-state index contributed by atoms with van der Waals surface area (Å²) in [6, 6.07) is 6.58. The molecule has 0 bridgehead atoms. The Morgan fingerprint density at radius 1 is 1.20 bits per heavy atom. The predicted molar refractivity (Wildman–Crippen MR) is 79.3 cm³/mol. The summed E-state index contributed by atoms with van der Waals surface area (Å²) in [6.45, 7) is 8.77. The summed E-state index contributed by atoms with van der Waals surface area (Å²) < 4.78 is 24.6. The lowest BCUT2D eigenvalue weighted by molar-refractivity contribution is -0.0130. The van der Waals surface area contributed by atoms with Crippen molar-refractivity contribution in [1.82, 2.24) is 5.32 Å². The Kier molecular flexibility index (Phi) is 8.42. The maximum absolute atomic E-state index is 13.3. The van der Waals surface area contributed by atoms with Crippen LogP contribution in [0.15, 0.2) is 24.3 Å². The normalized spacial score (nSPS) is 12.8. The van der Waals surface area contributed by atoms with Crippen molar-refractivity contribution in [3.05, 3.63) is 35.6 Å². The van der Waals surface area contributed by atoms with Gasteiger partial charge < -0.3 is 14.8 Å². The van der Waals surface area contributed by atoms with Crippen LogP contribution in [0.5, 0.6) is 0 Å². The van der Waals surface area contributed by atoms with Gasteiger partial charge in [-0.25, -0.2) is 4.39 Å². The van der Waals surface area contributed by atoms with Gasteiger partial charge in [-0.2, -0.15) is 0 Å². The van der Waals surface area contributed by atoms with Gasteiger partial charge in [-0.1, -0.05) is 19.1 Å². The van der Waals surface area contributed by atoms with Crippen LogP contribution in [-0.4, -0.2) is 32.4 Å². The number of halogens is 1. The highest BCUT2D eigenvalue weighted by Gasteiger charge is 2.12. The topological polar surface area (TPSA) is 30.5 Å². The summed E-state index contributed by atoms with van der Waals surface area (Å²) in [4.78, 5) is 0. The van der Waals surface area contributed by atoms with E-state index in [0.29, 0.717) is 19.8 Å². The van der Waals surface area contributed by atoms with Crippen molar-refractivity contribution in [2.75, 3.05) is 26.3 Å². The second-order valence-electron chi connectivity index (χ2n) is 5.04. The molecule has 4 heteroatoms. The molecule has 1 rings (SSSR count). The third-order valence-corrected chi connectivity index (χ3v) is 2.83. The second kappa shape index (κ2) is 9.86. The Morgan fingerprint density at radius 3 is 2.60 bits per heavy atom. The van der Waals surface area contributed by atoms with Crippen LogP contribution in [0.4, 0.5) is 4.39 Å². The van der Waals surface area contributed by atoms with E-state index >= 15 is 0 Å². The van der Waals surface area contributed by atoms with Crippen molar-refractivity contribution in [2.24, 2.45) is 0 Å². The quantitative estimate of drug-likeness (QED) is 0.668. The summed E-state index contributed by atoms with van der Waals surface area (Å²) in [5.41, 5.74) is 0.859. The van der Waals surface area contributed by atoms with E-state index < -0.39 is 0 Å². The van der Waals surface area contributed by atoms with Crippen molar-refractivity contribution >= 4 is 0 Å². The van der Waals surface area contributed by atoms with E-state index in [-0.39, 0.29) is 18.0 Å². The average Bonchev–Trinajstić information content (AvgIpc) is 2.41. The standard InChI is InChI=1S/C16H26FNO2/c1-4-8-18-12-16(20-10-9-19-13(2)3)14-6-5-7-15(17)11-14/h5-7,11,13,16,18H,4,8-10,12H2,1-3H3. The molecule has 1 N–H and O–H groups in total. The molecule has 0 heterocycles. The first-order valence-electron chi connectivity index (χ1n) is 7.32. The summed E-state index contributed by atoms with van der Waals surface area (Å²) >= 11 is 0. The van der Waals surface area contributed by atoms with Crippen LogP contribution in [0.3, 0.4) is 0 Å². The van der Waals surface area contributed by atoms with E-state index in [0.717, 1.165) is 18.5 Å². The fourth-order valence-corrected chi connectivity index (χ4v) is 1.86. The largest absolute Gasteiger partial charge is 0.376 e. The Labute approximate surface area is 121 Å². The van der Waals surface area contributed by atoms with Crippen LogP contribution in [0, 0.1) is 5.82 Å². The van der Waals surface area contributed by atoms with Crippen molar-refractivity contribution in [1.29, 1.82) is 0 Å². The van der Waals surface area contributed by atoms with E-state index in [4.69, 9.17) is 9.47 Å². The summed E-state index contributed by atoms with van der Waals surface area (Å²) in [6.07, 6.45) is 1.12. The molecule has 1 aromatic carbocycles. The monoisotopic (exact) mass is 283 g/mol. The molecule has 0 saturated heterocycles. The summed E-state index contributed by atoms with van der Waals surface area (Å²) in [5.74, 6) is -0.231. The number of benzene rings is 1. The molecule has 3 nitrogen and oxygen atoms in total. The van der Waals surface area contributed by atoms with Crippen molar-refractivity contribution < 1.29 is 13.9 Å². The molecule has 1 atom stereocenters. The maximum atomic E-state index is 13.3. The molecule has 0 aliphatic carbocycles. The van der Waals surface area contributed by atoms with Crippen LogP contribution in [0.2, 0.25) is 0 Å². The zero-order chi connectivity index (χ0) is 14.8. The zero-order valence-electron chi connectivity index (χ0n) is 12.7. The molecule has 0 amide bonds. The lowest BCUT2D eigenvalue weighted by Gasteiger charge is -2.19. The molecule has 0 saturated carbocycles. The first-order valence-corrected chi connectivity index (χ1v) is 7.32. The number of hydrogen-bond acceptors (Lipinski definition) is 3. The minimum Gasteiger partial charge on any atom is -0.376 e. The number of rotatable bonds is 10. The molecule has 1 unspecified atom stereocenters. The van der Waals surface area contributed by atoms with Gasteiger partial charge in [0.15, 0.2) is 0 Å². The lowest BCUT2D eigenvalue weighted by Crippen LogP contribution is -2.25. The van der Waals surface area contributed by atoms with E-state index in [1.165, 1.54) is 12.1 Å². The molecule has 0 aromatic heterocycles. The van der Waals surface area contributed by atoms with Gasteiger partial charge >= 0.3 is 0 Å². The highest BCUT2D eigenvalue weighted by Crippen LogP contribution is 2.17. The Hall–Kier alpha value is -0.970. The molecule has 0 aliphatic heterocycles. The third-order valence-electron chi connectivity index (χ3n) is 2.83. The van der Waals surface area contributed by atoms with E-state index in [1.807, 2.05) is 19.9 Å². The molecular weight excluding hydrogens is 257 g/mol. The number of hydrogen-bond donors (Lipinski definition) is 1.